The SMILES string of the molecule is O=C(NCCO)C1=CC(Oc2ccccc2I)C(O)C(N(CC2CC2)C(=O)C2CCCC2)C1. The van der Waals surface area contributed by atoms with Crippen LogP contribution in [0, 0.1) is 15.4 Å². The Bertz CT molecular complexity index is 881. The first-order valence-corrected chi connectivity index (χ1v) is 13.0. The lowest BCUT2D eigenvalue weighted by atomic mass is 9.87. The second-order valence-corrected chi connectivity index (χ2v) is 10.5. The van der Waals surface area contributed by atoms with Gasteiger partial charge >= 0.3 is 0 Å². The smallest absolute Gasteiger partial charge is 0.247 e. The van der Waals surface area contributed by atoms with Gasteiger partial charge in [0.25, 0.3) is 0 Å². The summed E-state index contributed by atoms with van der Waals surface area (Å²) in [5.41, 5.74) is 0.481. The molecule has 3 N–H and O–H groups in total. The molecule has 3 aliphatic carbocycles. The van der Waals surface area contributed by atoms with E-state index in [2.05, 4.69) is 27.9 Å². The molecule has 2 amide bonds. The summed E-state index contributed by atoms with van der Waals surface area (Å²) in [5.74, 6) is 0.910. The van der Waals surface area contributed by atoms with Crippen molar-refractivity contribution < 1.29 is 24.5 Å². The number of hydrogen-bond acceptors (Lipinski definition) is 5. The first-order valence-electron chi connectivity index (χ1n) is 12.0. The van der Waals surface area contributed by atoms with E-state index in [4.69, 9.17) is 9.84 Å². The normalized spacial score (nSPS) is 25.4. The maximum absolute atomic E-state index is 13.5. The van der Waals surface area contributed by atoms with Crippen LogP contribution in [0.1, 0.15) is 44.9 Å². The van der Waals surface area contributed by atoms with Gasteiger partial charge in [0.05, 0.1) is 16.2 Å². The van der Waals surface area contributed by atoms with Gasteiger partial charge in [0, 0.05) is 31.0 Å². The van der Waals surface area contributed by atoms with Gasteiger partial charge in [-0.1, -0.05) is 25.0 Å². The van der Waals surface area contributed by atoms with Gasteiger partial charge < -0.3 is 25.2 Å². The molecule has 0 heterocycles. The predicted molar refractivity (Wildman–Crippen MR) is 133 cm³/mol. The number of carbonyl (C=O) groups excluding carboxylic acids is 2. The van der Waals surface area contributed by atoms with E-state index in [1.165, 1.54) is 0 Å². The van der Waals surface area contributed by atoms with E-state index < -0.39 is 18.2 Å². The first-order chi connectivity index (χ1) is 16.0. The number of halogens is 1. The number of carbonyl (C=O) groups is 2. The Hall–Kier alpha value is -1.65. The van der Waals surface area contributed by atoms with Gasteiger partial charge in [-0.25, -0.2) is 0 Å². The summed E-state index contributed by atoms with van der Waals surface area (Å²) in [6.45, 7) is 0.623. The van der Waals surface area contributed by atoms with Crippen molar-refractivity contribution >= 4 is 34.4 Å². The highest BCUT2D eigenvalue weighted by molar-refractivity contribution is 14.1. The molecule has 8 heteroatoms. The number of para-hydroxylation sites is 1. The summed E-state index contributed by atoms with van der Waals surface area (Å²) in [5, 5.41) is 23.2. The molecule has 7 nitrogen and oxygen atoms in total. The third-order valence-electron chi connectivity index (χ3n) is 6.85. The van der Waals surface area contributed by atoms with E-state index in [-0.39, 0.29) is 37.3 Å². The lowest BCUT2D eigenvalue weighted by Crippen LogP contribution is -2.56. The molecule has 0 bridgehead atoms. The number of rotatable bonds is 9. The molecule has 0 aliphatic heterocycles. The van der Waals surface area contributed by atoms with Crippen LogP contribution in [0.4, 0.5) is 0 Å². The third kappa shape index (κ3) is 6.08. The Balaban J connectivity index is 1.62. The number of nitrogens with one attached hydrogen (secondary N) is 1. The van der Waals surface area contributed by atoms with Gasteiger partial charge in [0.15, 0.2) is 0 Å². The van der Waals surface area contributed by atoms with E-state index in [1.54, 1.807) is 6.08 Å². The van der Waals surface area contributed by atoms with Crippen molar-refractivity contribution in [2.45, 2.75) is 63.2 Å². The van der Waals surface area contributed by atoms with Crippen LogP contribution in [0.5, 0.6) is 5.75 Å². The molecule has 2 fully saturated rings. The zero-order chi connectivity index (χ0) is 23.4. The molecule has 0 saturated heterocycles. The monoisotopic (exact) mass is 568 g/mol. The van der Waals surface area contributed by atoms with Crippen LogP contribution in [-0.4, -0.2) is 64.9 Å². The molecule has 3 aliphatic rings. The quantitative estimate of drug-likeness (QED) is 0.398. The molecule has 4 rings (SSSR count). The summed E-state index contributed by atoms with van der Waals surface area (Å²) in [7, 11) is 0. The molecule has 3 unspecified atom stereocenters. The summed E-state index contributed by atoms with van der Waals surface area (Å²) in [4.78, 5) is 28.2. The zero-order valence-electron chi connectivity index (χ0n) is 18.8. The highest BCUT2D eigenvalue weighted by atomic mass is 127. The summed E-state index contributed by atoms with van der Waals surface area (Å²) in [6.07, 6.45) is 6.35. The number of aliphatic hydroxyl groups excluding tert-OH is 2. The Morgan fingerprint density at radius 1 is 1.15 bits per heavy atom. The van der Waals surface area contributed by atoms with Gasteiger partial charge in [-0.15, -0.1) is 0 Å². The molecule has 2 saturated carbocycles. The van der Waals surface area contributed by atoms with Crippen LogP contribution < -0.4 is 10.1 Å². The van der Waals surface area contributed by atoms with Crippen molar-refractivity contribution in [2.75, 3.05) is 19.7 Å². The van der Waals surface area contributed by atoms with Crippen LogP contribution in [0.3, 0.4) is 0 Å². The number of amides is 2. The molecule has 1 aromatic rings. The molecule has 3 atom stereocenters. The Morgan fingerprint density at radius 2 is 1.88 bits per heavy atom. The minimum Gasteiger partial charge on any atom is -0.482 e. The standard InChI is InChI=1S/C25H33IN2O5/c26-19-7-3-4-8-21(19)33-22-14-18(24(31)27-11-12-29)13-20(23(22)30)28(15-16-9-10-16)25(32)17-5-1-2-6-17/h3-4,7-8,14,16-17,20,22-23,29-30H,1-2,5-6,9-13,15H2,(H,27,31). The number of hydrogen-bond donors (Lipinski definition) is 3. The van der Waals surface area contributed by atoms with Crippen molar-refractivity contribution in [3.05, 3.63) is 39.5 Å². The number of ether oxygens (including phenoxy) is 1. The van der Waals surface area contributed by atoms with Crippen LogP contribution in [-0.2, 0) is 9.59 Å². The number of nitrogens with zero attached hydrogens (tertiary/aromatic N) is 1. The summed E-state index contributed by atoms with van der Waals surface area (Å²) < 4.78 is 7.09. The second-order valence-electron chi connectivity index (χ2n) is 9.36. The molecule has 33 heavy (non-hydrogen) atoms. The Morgan fingerprint density at radius 3 is 2.55 bits per heavy atom. The van der Waals surface area contributed by atoms with Crippen LogP contribution >= 0.6 is 22.6 Å². The maximum atomic E-state index is 13.5. The Kier molecular flexibility index (Phi) is 8.29. The van der Waals surface area contributed by atoms with Crippen molar-refractivity contribution in [1.29, 1.82) is 0 Å². The largest absolute Gasteiger partial charge is 0.482 e. The van der Waals surface area contributed by atoms with Gasteiger partial charge in [-0.2, -0.15) is 0 Å². The molecule has 180 valence electrons. The summed E-state index contributed by atoms with van der Waals surface area (Å²) in [6, 6.07) is 7.01. The highest BCUT2D eigenvalue weighted by Crippen LogP contribution is 2.36. The minimum atomic E-state index is -0.945. The van der Waals surface area contributed by atoms with Crippen LogP contribution in [0.2, 0.25) is 0 Å². The van der Waals surface area contributed by atoms with Crippen molar-refractivity contribution in [2.24, 2.45) is 11.8 Å². The maximum Gasteiger partial charge on any atom is 0.247 e. The third-order valence-corrected chi connectivity index (χ3v) is 7.74. The Labute approximate surface area is 208 Å². The van der Waals surface area contributed by atoms with Gasteiger partial charge in [-0.3, -0.25) is 9.59 Å². The van der Waals surface area contributed by atoms with Gasteiger partial charge in [0.2, 0.25) is 11.8 Å². The summed E-state index contributed by atoms with van der Waals surface area (Å²) >= 11 is 2.18. The van der Waals surface area contributed by atoms with E-state index in [0.717, 1.165) is 42.1 Å². The van der Waals surface area contributed by atoms with Crippen LogP contribution in [0.25, 0.3) is 0 Å². The van der Waals surface area contributed by atoms with Crippen molar-refractivity contribution in [3.63, 3.8) is 0 Å². The topological polar surface area (TPSA) is 99.1 Å². The molecule has 0 aromatic heterocycles. The molecule has 0 spiro atoms. The van der Waals surface area contributed by atoms with Crippen LogP contribution in [0.15, 0.2) is 35.9 Å². The average Bonchev–Trinajstić information content (AvgIpc) is 3.47. The number of benzene rings is 1. The van der Waals surface area contributed by atoms with Crippen molar-refractivity contribution in [1.82, 2.24) is 10.2 Å². The fourth-order valence-corrected chi connectivity index (χ4v) is 5.36. The number of aliphatic hydroxyl groups is 2. The average molecular weight is 568 g/mol. The fraction of sp³-hybridized carbons (Fsp3) is 0.600. The lowest BCUT2D eigenvalue weighted by Gasteiger charge is -2.41. The van der Waals surface area contributed by atoms with Gasteiger partial charge in [0.1, 0.15) is 18.0 Å². The zero-order valence-corrected chi connectivity index (χ0v) is 20.9. The van der Waals surface area contributed by atoms with E-state index in [0.29, 0.717) is 23.8 Å². The van der Waals surface area contributed by atoms with E-state index in [1.807, 2.05) is 29.2 Å². The molecular weight excluding hydrogens is 535 g/mol. The predicted octanol–water partition coefficient (Wildman–Crippen LogP) is 2.64. The van der Waals surface area contributed by atoms with Crippen molar-refractivity contribution in [3.8, 4) is 5.75 Å². The van der Waals surface area contributed by atoms with E-state index >= 15 is 0 Å². The lowest BCUT2D eigenvalue weighted by molar-refractivity contribution is -0.143. The molecule has 0 radical (unpaired) electrons. The highest BCUT2D eigenvalue weighted by Gasteiger charge is 2.43. The molecule has 1 aromatic carbocycles. The first kappa shape index (κ1) is 24.5. The molecular formula is C25H33IN2O5. The minimum absolute atomic E-state index is 0.00274. The second kappa shape index (κ2) is 11.2. The van der Waals surface area contributed by atoms with Gasteiger partial charge in [-0.05, 0) is 72.4 Å². The van der Waals surface area contributed by atoms with E-state index in [9.17, 15) is 14.7 Å². The fourth-order valence-electron chi connectivity index (χ4n) is 4.84.